The summed E-state index contributed by atoms with van der Waals surface area (Å²) in [6.07, 6.45) is 0. The average Bonchev–Trinajstić information content (AvgIpc) is 2.87. The van der Waals surface area contributed by atoms with E-state index in [-0.39, 0.29) is 6.04 Å². The highest BCUT2D eigenvalue weighted by molar-refractivity contribution is 5.67. The lowest BCUT2D eigenvalue weighted by molar-refractivity contribution is 0.172. The zero-order chi connectivity index (χ0) is 12.5. The summed E-state index contributed by atoms with van der Waals surface area (Å²) in [5.74, 6) is 2.13. The number of rotatable bonds is 2. The van der Waals surface area contributed by atoms with Crippen LogP contribution in [0.5, 0.6) is 11.5 Å². The van der Waals surface area contributed by atoms with Gasteiger partial charge in [-0.05, 0) is 19.1 Å². The van der Waals surface area contributed by atoms with Crippen molar-refractivity contribution in [1.29, 1.82) is 0 Å². The Labute approximate surface area is 104 Å². The zero-order valence-corrected chi connectivity index (χ0v) is 9.92. The predicted octanol–water partition coefficient (Wildman–Crippen LogP) is 1.53. The molecule has 2 heterocycles. The Morgan fingerprint density at radius 1 is 1.22 bits per heavy atom. The Kier molecular flexibility index (Phi) is 2.64. The van der Waals surface area contributed by atoms with Crippen LogP contribution in [0, 0.1) is 0 Å². The lowest BCUT2D eigenvalue weighted by atomic mass is 10.2. The fourth-order valence-electron chi connectivity index (χ4n) is 1.77. The van der Waals surface area contributed by atoms with Gasteiger partial charge in [0.25, 0.3) is 5.89 Å². The maximum absolute atomic E-state index is 5.69. The number of hydrogen-bond donors (Lipinski definition) is 1. The third-order valence-corrected chi connectivity index (χ3v) is 2.63. The van der Waals surface area contributed by atoms with Crippen LogP contribution in [0.4, 0.5) is 0 Å². The molecule has 0 aliphatic carbocycles. The Balaban J connectivity index is 2.05. The molecule has 2 aromatic rings. The van der Waals surface area contributed by atoms with Gasteiger partial charge in [0, 0.05) is 0 Å². The van der Waals surface area contributed by atoms with Crippen LogP contribution in [0.15, 0.2) is 22.6 Å². The maximum atomic E-state index is 5.69. The highest BCUT2D eigenvalue weighted by atomic mass is 16.6. The van der Waals surface area contributed by atoms with Crippen LogP contribution >= 0.6 is 0 Å². The molecule has 1 atom stereocenters. The average molecular weight is 247 g/mol. The first-order valence-electron chi connectivity index (χ1n) is 5.73. The van der Waals surface area contributed by atoms with E-state index < -0.39 is 0 Å². The third-order valence-electron chi connectivity index (χ3n) is 2.63. The molecule has 1 aromatic heterocycles. The van der Waals surface area contributed by atoms with Crippen LogP contribution in [0.2, 0.25) is 0 Å². The van der Waals surface area contributed by atoms with Gasteiger partial charge in [0.2, 0.25) is 5.89 Å². The molecule has 1 unspecified atom stereocenters. The first kappa shape index (κ1) is 11.0. The number of fused-ring (bicyclic) bond motifs is 1. The van der Waals surface area contributed by atoms with Gasteiger partial charge in [-0.2, -0.15) is 0 Å². The molecule has 1 aromatic carbocycles. The molecule has 94 valence electrons. The van der Waals surface area contributed by atoms with Crippen molar-refractivity contribution in [2.45, 2.75) is 13.0 Å². The van der Waals surface area contributed by atoms with E-state index >= 15 is 0 Å². The summed E-state index contributed by atoms with van der Waals surface area (Å²) < 4.78 is 16.6. The van der Waals surface area contributed by atoms with E-state index in [1.54, 1.807) is 6.92 Å². The van der Waals surface area contributed by atoms with Gasteiger partial charge in [0.1, 0.15) is 13.2 Å². The molecule has 1 aliphatic heterocycles. The summed E-state index contributed by atoms with van der Waals surface area (Å²) in [4.78, 5) is 0. The van der Waals surface area contributed by atoms with Gasteiger partial charge >= 0.3 is 0 Å². The molecule has 0 spiro atoms. The second-order valence-electron chi connectivity index (χ2n) is 4.06. The summed E-state index contributed by atoms with van der Waals surface area (Å²) >= 11 is 0. The Morgan fingerprint density at radius 2 is 2.06 bits per heavy atom. The Hall–Kier alpha value is -2.08. The maximum Gasteiger partial charge on any atom is 0.251 e. The largest absolute Gasteiger partial charge is 0.486 e. The smallest absolute Gasteiger partial charge is 0.251 e. The summed E-state index contributed by atoms with van der Waals surface area (Å²) in [5, 5.41) is 7.89. The van der Waals surface area contributed by atoms with Gasteiger partial charge in [-0.1, -0.05) is 6.07 Å². The van der Waals surface area contributed by atoms with E-state index in [1.807, 2.05) is 18.2 Å². The van der Waals surface area contributed by atoms with Crippen molar-refractivity contribution in [2.24, 2.45) is 5.73 Å². The van der Waals surface area contributed by atoms with E-state index in [1.165, 1.54) is 0 Å². The molecule has 1 aliphatic rings. The van der Waals surface area contributed by atoms with Gasteiger partial charge in [-0.25, -0.2) is 0 Å². The normalized spacial score (nSPS) is 15.4. The van der Waals surface area contributed by atoms with Gasteiger partial charge in [0.15, 0.2) is 11.5 Å². The molecule has 0 amide bonds. The number of ether oxygens (including phenoxy) is 2. The molecule has 0 radical (unpaired) electrons. The van der Waals surface area contributed by atoms with Crippen LogP contribution in [0.25, 0.3) is 11.5 Å². The number of nitrogens with zero attached hydrogens (tertiary/aromatic N) is 2. The monoisotopic (exact) mass is 247 g/mol. The van der Waals surface area contributed by atoms with Crippen molar-refractivity contribution in [1.82, 2.24) is 10.2 Å². The first-order valence-corrected chi connectivity index (χ1v) is 5.73. The van der Waals surface area contributed by atoms with Gasteiger partial charge < -0.3 is 19.6 Å². The molecular weight excluding hydrogens is 234 g/mol. The van der Waals surface area contributed by atoms with Crippen LogP contribution in [0.1, 0.15) is 18.9 Å². The standard InChI is InChI=1S/C12H13N3O3/c1-7(13)11-14-15-12(18-11)8-3-2-4-9-10(8)17-6-5-16-9/h2-4,7H,5-6,13H2,1H3. The van der Waals surface area contributed by atoms with Crippen LogP contribution < -0.4 is 15.2 Å². The van der Waals surface area contributed by atoms with E-state index in [2.05, 4.69) is 10.2 Å². The summed E-state index contributed by atoms with van der Waals surface area (Å²) in [6, 6.07) is 5.27. The van der Waals surface area contributed by atoms with Crippen molar-refractivity contribution in [2.75, 3.05) is 13.2 Å². The molecule has 18 heavy (non-hydrogen) atoms. The predicted molar refractivity (Wildman–Crippen MR) is 63.3 cm³/mol. The number of aromatic nitrogens is 2. The summed E-state index contributed by atoms with van der Waals surface area (Å²) in [7, 11) is 0. The highest BCUT2D eigenvalue weighted by Crippen LogP contribution is 2.39. The minimum absolute atomic E-state index is 0.289. The third kappa shape index (κ3) is 1.80. The fraction of sp³-hybridized carbons (Fsp3) is 0.333. The molecule has 6 nitrogen and oxygen atoms in total. The van der Waals surface area contributed by atoms with E-state index in [4.69, 9.17) is 19.6 Å². The second-order valence-corrected chi connectivity index (χ2v) is 4.06. The van der Waals surface area contributed by atoms with Crippen molar-refractivity contribution < 1.29 is 13.9 Å². The minimum Gasteiger partial charge on any atom is -0.486 e. The number of nitrogens with two attached hydrogens (primary N) is 1. The zero-order valence-electron chi connectivity index (χ0n) is 9.92. The van der Waals surface area contributed by atoms with E-state index in [0.29, 0.717) is 36.5 Å². The number of benzene rings is 1. The lowest BCUT2D eigenvalue weighted by Gasteiger charge is -2.19. The van der Waals surface area contributed by atoms with Gasteiger partial charge in [-0.15, -0.1) is 10.2 Å². The summed E-state index contributed by atoms with van der Waals surface area (Å²) in [5.41, 5.74) is 6.42. The van der Waals surface area contributed by atoms with Gasteiger partial charge in [0.05, 0.1) is 11.6 Å². The van der Waals surface area contributed by atoms with Crippen LogP contribution in [-0.2, 0) is 0 Å². The lowest BCUT2D eigenvalue weighted by Crippen LogP contribution is -2.15. The minimum atomic E-state index is -0.289. The number of para-hydroxylation sites is 1. The molecule has 0 fully saturated rings. The highest BCUT2D eigenvalue weighted by Gasteiger charge is 2.21. The van der Waals surface area contributed by atoms with Crippen molar-refractivity contribution in [3.8, 4) is 23.0 Å². The van der Waals surface area contributed by atoms with Gasteiger partial charge in [-0.3, -0.25) is 0 Å². The summed E-state index contributed by atoms with van der Waals surface area (Å²) in [6.45, 7) is 2.85. The molecule has 3 rings (SSSR count). The van der Waals surface area contributed by atoms with Crippen LogP contribution in [0.3, 0.4) is 0 Å². The topological polar surface area (TPSA) is 83.4 Å². The van der Waals surface area contributed by atoms with Crippen molar-refractivity contribution in [3.63, 3.8) is 0 Å². The molecule has 6 heteroatoms. The molecule has 0 saturated carbocycles. The second kappa shape index (κ2) is 4.30. The SMILES string of the molecule is CC(N)c1nnc(-c2cccc3c2OCCO3)o1. The fourth-order valence-corrected chi connectivity index (χ4v) is 1.77. The Morgan fingerprint density at radius 3 is 2.83 bits per heavy atom. The molecule has 0 saturated heterocycles. The van der Waals surface area contributed by atoms with Crippen LogP contribution in [-0.4, -0.2) is 23.4 Å². The van der Waals surface area contributed by atoms with E-state index in [0.717, 1.165) is 5.56 Å². The quantitative estimate of drug-likeness (QED) is 0.866. The van der Waals surface area contributed by atoms with Crippen molar-refractivity contribution in [3.05, 3.63) is 24.1 Å². The first-order chi connectivity index (χ1) is 8.75. The van der Waals surface area contributed by atoms with Crippen molar-refractivity contribution >= 4 is 0 Å². The van der Waals surface area contributed by atoms with E-state index in [9.17, 15) is 0 Å². The molecule has 0 bridgehead atoms. The number of hydrogen-bond acceptors (Lipinski definition) is 6. The molecular formula is C12H13N3O3. The Bertz CT molecular complexity index is 565. The molecule has 2 N–H and O–H groups in total.